The Balaban J connectivity index is 3.92. The molecule has 20 heavy (non-hydrogen) atoms. The SMILES string of the molecule is CCC(C)CN(C)C(=O)NC(C)CCCC(C)C(=O)O. The molecule has 3 atom stereocenters. The summed E-state index contributed by atoms with van der Waals surface area (Å²) >= 11 is 0. The van der Waals surface area contributed by atoms with Crippen molar-refractivity contribution >= 4 is 12.0 Å². The molecular formula is C15H30N2O3. The van der Waals surface area contributed by atoms with Gasteiger partial charge in [0, 0.05) is 19.6 Å². The number of hydrogen-bond acceptors (Lipinski definition) is 2. The van der Waals surface area contributed by atoms with Crippen molar-refractivity contribution in [1.82, 2.24) is 10.2 Å². The third-order valence-electron chi connectivity index (χ3n) is 3.69. The largest absolute Gasteiger partial charge is 0.481 e. The standard InChI is InChI=1S/C15H30N2O3/c1-6-11(2)10-17(5)15(20)16-13(4)9-7-8-12(3)14(18)19/h11-13H,6-10H2,1-5H3,(H,16,20)(H,18,19). The summed E-state index contributed by atoms with van der Waals surface area (Å²) < 4.78 is 0. The predicted molar refractivity (Wildman–Crippen MR) is 80.7 cm³/mol. The lowest BCUT2D eigenvalue weighted by molar-refractivity contribution is -0.141. The Kier molecular flexibility index (Phi) is 9.01. The van der Waals surface area contributed by atoms with E-state index in [1.165, 1.54) is 0 Å². The Bertz CT molecular complexity index is 307. The van der Waals surface area contributed by atoms with Crippen molar-refractivity contribution in [2.45, 2.75) is 59.4 Å². The van der Waals surface area contributed by atoms with Gasteiger partial charge in [0.1, 0.15) is 0 Å². The number of nitrogens with one attached hydrogen (secondary N) is 1. The van der Waals surface area contributed by atoms with Gasteiger partial charge in [0.25, 0.3) is 0 Å². The smallest absolute Gasteiger partial charge is 0.317 e. The van der Waals surface area contributed by atoms with Crippen molar-refractivity contribution in [1.29, 1.82) is 0 Å². The van der Waals surface area contributed by atoms with Gasteiger partial charge >= 0.3 is 12.0 Å². The van der Waals surface area contributed by atoms with E-state index in [2.05, 4.69) is 19.2 Å². The number of urea groups is 1. The molecule has 5 heteroatoms. The fourth-order valence-corrected chi connectivity index (χ4v) is 1.93. The van der Waals surface area contributed by atoms with Crippen LogP contribution in [-0.4, -0.2) is 41.6 Å². The second kappa shape index (κ2) is 9.61. The summed E-state index contributed by atoms with van der Waals surface area (Å²) in [6, 6.07) is 0.0203. The van der Waals surface area contributed by atoms with Crippen LogP contribution in [0.25, 0.3) is 0 Å². The molecule has 0 saturated heterocycles. The minimum absolute atomic E-state index is 0.0518. The minimum atomic E-state index is -0.755. The second-order valence-electron chi connectivity index (χ2n) is 5.91. The Morgan fingerprint density at radius 2 is 1.80 bits per heavy atom. The number of carbonyl (C=O) groups excluding carboxylic acids is 1. The molecule has 2 N–H and O–H groups in total. The Hall–Kier alpha value is -1.26. The molecule has 0 radical (unpaired) electrons. The van der Waals surface area contributed by atoms with E-state index in [0.29, 0.717) is 12.3 Å². The first kappa shape index (κ1) is 18.7. The van der Waals surface area contributed by atoms with Crippen LogP contribution >= 0.6 is 0 Å². The van der Waals surface area contributed by atoms with E-state index in [-0.39, 0.29) is 18.0 Å². The van der Waals surface area contributed by atoms with Crippen molar-refractivity contribution in [2.75, 3.05) is 13.6 Å². The molecule has 118 valence electrons. The van der Waals surface area contributed by atoms with Crippen LogP contribution in [0.2, 0.25) is 0 Å². The summed E-state index contributed by atoms with van der Waals surface area (Å²) in [5, 5.41) is 11.7. The summed E-state index contributed by atoms with van der Waals surface area (Å²) in [5.41, 5.74) is 0. The molecule has 0 rings (SSSR count). The molecule has 0 aromatic rings. The fraction of sp³-hybridized carbons (Fsp3) is 0.867. The molecule has 0 aromatic heterocycles. The molecular weight excluding hydrogens is 256 g/mol. The minimum Gasteiger partial charge on any atom is -0.481 e. The van der Waals surface area contributed by atoms with Gasteiger partial charge in [0.2, 0.25) is 0 Å². The van der Waals surface area contributed by atoms with E-state index in [4.69, 9.17) is 5.11 Å². The number of hydrogen-bond donors (Lipinski definition) is 2. The Morgan fingerprint density at radius 3 is 2.30 bits per heavy atom. The molecule has 2 amide bonds. The van der Waals surface area contributed by atoms with Gasteiger partial charge in [-0.15, -0.1) is 0 Å². The first-order valence-electron chi connectivity index (χ1n) is 7.52. The van der Waals surface area contributed by atoms with Crippen molar-refractivity contribution in [2.24, 2.45) is 11.8 Å². The molecule has 0 bridgehead atoms. The number of carbonyl (C=O) groups is 2. The molecule has 0 saturated carbocycles. The molecule has 0 aliphatic carbocycles. The topological polar surface area (TPSA) is 69.6 Å². The zero-order valence-electron chi connectivity index (χ0n) is 13.5. The van der Waals surface area contributed by atoms with Crippen molar-refractivity contribution in [3.05, 3.63) is 0 Å². The molecule has 3 unspecified atom stereocenters. The quantitative estimate of drug-likeness (QED) is 0.684. The normalized spacial score (nSPS) is 15.2. The molecule has 0 fully saturated rings. The fourth-order valence-electron chi connectivity index (χ4n) is 1.93. The second-order valence-corrected chi connectivity index (χ2v) is 5.91. The highest BCUT2D eigenvalue weighted by atomic mass is 16.4. The molecule has 0 spiro atoms. The third kappa shape index (κ3) is 8.02. The van der Waals surface area contributed by atoms with Crippen LogP contribution in [-0.2, 0) is 4.79 Å². The lowest BCUT2D eigenvalue weighted by Gasteiger charge is -2.23. The Labute approximate surface area is 122 Å². The molecule has 0 aliphatic heterocycles. The number of amides is 2. The average molecular weight is 286 g/mol. The number of rotatable bonds is 9. The van der Waals surface area contributed by atoms with Gasteiger partial charge < -0.3 is 15.3 Å². The van der Waals surface area contributed by atoms with E-state index in [0.717, 1.165) is 25.8 Å². The Morgan fingerprint density at radius 1 is 1.20 bits per heavy atom. The average Bonchev–Trinajstić information content (AvgIpc) is 2.37. The van der Waals surface area contributed by atoms with Crippen molar-refractivity contribution in [3.63, 3.8) is 0 Å². The van der Waals surface area contributed by atoms with E-state index >= 15 is 0 Å². The van der Waals surface area contributed by atoms with Gasteiger partial charge in [-0.05, 0) is 25.7 Å². The monoisotopic (exact) mass is 286 g/mol. The number of nitrogens with zero attached hydrogens (tertiary/aromatic N) is 1. The molecule has 0 aromatic carbocycles. The number of carboxylic acid groups (broad SMARTS) is 1. The van der Waals surface area contributed by atoms with Crippen LogP contribution in [0.4, 0.5) is 4.79 Å². The van der Waals surface area contributed by atoms with E-state index < -0.39 is 5.97 Å². The summed E-state index contributed by atoms with van der Waals surface area (Å²) in [4.78, 5) is 24.3. The van der Waals surface area contributed by atoms with Gasteiger partial charge in [-0.25, -0.2) is 4.79 Å². The summed E-state index contributed by atoms with van der Waals surface area (Å²) in [6.45, 7) is 8.67. The summed E-state index contributed by atoms with van der Waals surface area (Å²) in [5.74, 6) is -0.571. The van der Waals surface area contributed by atoms with Crippen LogP contribution in [0.5, 0.6) is 0 Å². The van der Waals surface area contributed by atoms with Crippen LogP contribution in [0, 0.1) is 11.8 Å². The maximum atomic E-state index is 11.9. The summed E-state index contributed by atoms with van der Waals surface area (Å²) in [6.07, 6.45) is 3.32. The highest BCUT2D eigenvalue weighted by Crippen LogP contribution is 2.10. The van der Waals surface area contributed by atoms with Gasteiger partial charge in [0.15, 0.2) is 0 Å². The van der Waals surface area contributed by atoms with Gasteiger partial charge in [-0.2, -0.15) is 0 Å². The van der Waals surface area contributed by atoms with E-state index in [1.807, 2.05) is 6.92 Å². The highest BCUT2D eigenvalue weighted by Gasteiger charge is 2.15. The molecule has 0 aliphatic rings. The number of carboxylic acids is 1. The first-order valence-corrected chi connectivity index (χ1v) is 7.52. The lowest BCUT2D eigenvalue weighted by Crippen LogP contribution is -2.43. The van der Waals surface area contributed by atoms with Crippen LogP contribution in [0.3, 0.4) is 0 Å². The lowest BCUT2D eigenvalue weighted by atomic mass is 10.0. The van der Waals surface area contributed by atoms with E-state index in [9.17, 15) is 9.59 Å². The molecule has 0 heterocycles. The van der Waals surface area contributed by atoms with Crippen LogP contribution in [0.1, 0.15) is 53.4 Å². The maximum absolute atomic E-state index is 11.9. The zero-order valence-corrected chi connectivity index (χ0v) is 13.5. The third-order valence-corrected chi connectivity index (χ3v) is 3.69. The predicted octanol–water partition coefficient (Wildman–Crippen LogP) is 2.95. The maximum Gasteiger partial charge on any atom is 0.317 e. The van der Waals surface area contributed by atoms with Gasteiger partial charge in [-0.1, -0.05) is 33.6 Å². The van der Waals surface area contributed by atoms with Crippen molar-refractivity contribution in [3.8, 4) is 0 Å². The van der Waals surface area contributed by atoms with Crippen molar-refractivity contribution < 1.29 is 14.7 Å². The van der Waals surface area contributed by atoms with Crippen LogP contribution in [0.15, 0.2) is 0 Å². The van der Waals surface area contributed by atoms with Crippen LogP contribution < -0.4 is 5.32 Å². The van der Waals surface area contributed by atoms with E-state index in [1.54, 1.807) is 18.9 Å². The van der Waals surface area contributed by atoms with Gasteiger partial charge in [0.05, 0.1) is 5.92 Å². The number of aliphatic carboxylic acids is 1. The first-order chi connectivity index (χ1) is 9.27. The summed E-state index contributed by atoms with van der Waals surface area (Å²) in [7, 11) is 1.81. The molecule has 5 nitrogen and oxygen atoms in total. The zero-order chi connectivity index (χ0) is 15.7. The highest BCUT2D eigenvalue weighted by molar-refractivity contribution is 5.74. The van der Waals surface area contributed by atoms with Gasteiger partial charge in [-0.3, -0.25) is 4.79 Å².